The van der Waals surface area contributed by atoms with Crippen molar-refractivity contribution in [1.29, 1.82) is 0 Å². The highest BCUT2D eigenvalue weighted by molar-refractivity contribution is 5.30. The van der Waals surface area contributed by atoms with Gasteiger partial charge in [0.2, 0.25) is 0 Å². The van der Waals surface area contributed by atoms with E-state index < -0.39 is 0 Å². The van der Waals surface area contributed by atoms with Crippen LogP contribution in [0.5, 0.6) is 5.75 Å². The van der Waals surface area contributed by atoms with Gasteiger partial charge >= 0.3 is 0 Å². The standard InChI is InChI=1S/C15H23NO3/c1-16-15(11-18-10-14-7-4-8-19-14)12-5-3-6-13(9-12)17-2/h3,5-6,9,14-16H,4,7-8,10-11H2,1-2H3. The minimum atomic E-state index is 0.177. The van der Waals surface area contributed by atoms with E-state index in [2.05, 4.69) is 11.4 Å². The van der Waals surface area contributed by atoms with Gasteiger partial charge in [0, 0.05) is 6.61 Å². The van der Waals surface area contributed by atoms with Crippen LogP contribution in [0.15, 0.2) is 24.3 Å². The van der Waals surface area contributed by atoms with E-state index in [1.54, 1.807) is 7.11 Å². The van der Waals surface area contributed by atoms with Crippen LogP contribution in [-0.2, 0) is 9.47 Å². The molecular formula is C15H23NO3. The molecule has 2 rings (SSSR count). The van der Waals surface area contributed by atoms with Crippen LogP contribution in [-0.4, -0.2) is 40.1 Å². The molecule has 0 aliphatic carbocycles. The second-order valence-corrected chi connectivity index (χ2v) is 4.79. The lowest BCUT2D eigenvalue weighted by Gasteiger charge is -2.18. The lowest BCUT2D eigenvalue weighted by Crippen LogP contribution is -2.24. The lowest BCUT2D eigenvalue weighted by molar-refractivity contribution is 0.0105. The van der Waals surface area contributed by atoms with Crippen molar-refractivity contribution in [2.75, 3.05) is 34.0 Å². The highest BCUT2D eigenvalue weighted by Crippen LogP contribution is 2.20. The number of hydrogen-bond acceptors (Lipinski definition) is 4. The average Bonchev–Trinajstić information content (AvgIpc) is 2.97. The molecule has 1 aliphatic rings. The Hall–Kier alpha value is -1.10. The van der Waals surface area contributed by atoms with Crippen molar-refractivity contribution >= 4 is 0 Å². The first-order valence-corrected chi connectivity index (χ1v) is 6.84. The first-order chi connectivity index (χ1) is 9.33. The molecule has 1 saturated heterocycles. The van der Waals surface area contributed by atoms with Gasteiger partial charge in [-0.1, -0.05) is 12.1 Å². The van der Waals surface area contributed by atoms with Crippen LogP contribution in [0, 0.1) is 0 Å². The zero-order valence-corrected chi connectivity index (χ0v) is 11.7. The van der Waals surface area contributed by atoms with Gasteiger partial charge in [-0.05, 0) is 37.6 Å². The van der Waals surface area contributed by atoms with E-state index in [0.717, 1.165) is 25.2 Å². The van der Waals surface area contributed by atoms with Gasteiger partial charge in [-0.15, -0.1) is 0 Å². The van der Waals surface area contributed by atoms with Gasteiger partial charge < -0.3 is 19.5 Å². The molecule has 0 saturated carbocycles. The van der Waals surface area contributed by atoms with Gasteiger partial charge in [0.25, 0.3) is 0 Å². The second-order valence-electron chi connectivity index (χ2n) is 4.79. The molecule has 1 aromatic rings. The summed E-state index contributed by atoms with van der Waals surface area (Å²) in [7, 11) is 3.63. The first kappa shape index (κ1) is 14.3. The second kappa shape index (κ2) is 7.48. The average molecular weight is 265 g/mol. The Balaban J connectivity index is 1.84. The first-order valence-electron chi connectivity index (χ1n) is 6.84. The maximum Gasteiger partial charge on any atom is 0.119 e. The fraction of sp³-hybridized carbons (Fsp3) is 0.600. The number of hydrogen-bond donors (Lipinski definition) is 1. The van der Waals surface area contributed by atoms with Crippen molar-refractivity contribution in [1.82, 2.24) is 5.32 Å². The van der Waals surface area contributed by atoms with Crippen LogP contribution in [0.3, 0.4) is 0 Å². The van der Waals surface area contributed by atoms with Crippen molar-refractivity contribution in [3.05, 3.63) is 29.8 Å². The molecule has 106 valence electrons. The van der Waals surface area contributed by atoms with Crippen LogP contribution >= 0.6 is 0 Å². The number of methoxy groups -OCH3 is 1. The number of nitrogens with one attached hydrogen (secondary N) is 1. The third-order valence-electron chi connectivity index (χ3n) is 3.46. The molecule has 1 heterocycles. The maximum absolute atomic E-state index is 5.77. The zero-order valence-electron chi connectivity index (χ0n) is 11.7. The molecule has 1 aromatic carbocycles. The fourth-order valence-corrected chi connectivity index (χ4v) is 2.30. The summed E-state index contributed by atoms with van der Waals surface area (Å²) in [5.74, 6) is 0.872. The Bertz CT molecular complexity index is 377. The predicted octanol–water partition coefficient (Wildman–Crippen LogP) is 2.15. The molecule has 2 unspecified atom stereocenters. The molecular weight excluding hydrogens is 242 g/mol. The molecule has 4 heteroatoms. The molecule has 1 N–H and O–H groups in total. The van der Waals surface area contributed by atoms with Gasteiger partial charge in [0.15, 0.2) is 0 Å². The van der Waals surface area contributed by atoms with Crippen molar-refractivity contribution in [3.8, 4) is 5.75 Å². The van der Waals surface area contributed by atoms with E-state index in [4.69, 9.17) is 14.2 Å². The van der Waals surface area contributed by atoms with E-state index in [0.29, 0.717) is 13.2 Å². The number of benzene rings is 1. The van der Waals surface area contributed by atoms with Crippen LogP contribution in [0.25, 0.3) is 0 Å². The molecule has 1 fully saturated rings. The molecule has 0 radical (unpaired) electrons. The minimum absolute atomic E-state index is 0.177. The third-order valence-corrected chi connectivity index (χ3v) is 3.46. The predicted molar refractivity (Wildman–Crippen MR) is 74.6 cm³/mol. The quantitative estimate of drug-likeness (QED) is 0.820. The molecule has 19 heavy (non-hydrogen) atoms. The van der Waals surface area contributed by atoms with Gasteiger partial charge in [-0.25, -0.2) is 0 Å². The summed E-state index contributed by atoms with van der Waals surface area (Å²) in [6.45, 7) is 2.20. The van der Waals surface area contributed by atoms with Crippen LogP contribution in [0.2, 0.25) is 0 Å². The van der Waals surface area contributed by atoms with Gasteiger partial charge in [0.1, 0.15) is 5.75 Å². The van der Waals surface area contributed by atoms with Crippen molar-refractivity contribution in [2.24, 2.45) is 0 Å². The Morgan fingerprint density at radius 1 is 1.47 bits per heavy atom. The van der Waals surface area contributed by atoms with Crippen LogP contribution in [0.4, 0.5) is 0 Å². The van der Waals surface area contributed by atoms with Gasteiger partial charge in [-0.2, -0.15) is 0 Å². The summed E-state index contributed by atoms with van der Waals surface area (Å²) < 4.78 is 16.6. The van der Waals surface area contributed by atoms with E-state index in [1.165, 1.54) is 5.56 Å². The summed E-state index contributed by atoms with van der Waals surface area (Å²) in [5.41, 5.74) is 1.18. The highest BCUT2D eigenvalue weighted by atomic mass is 16.5. The van der Waals surface area contributed by atoms with Crippen molar-refractivity contribution < 1.29 is 14.2 Å². The van der Waals surface area contributed by atoms with E-state index in [-0.39, 0.29) is 12.1 Å². The summed E-state index contributed by atoms with van der Waals surface area (Å²) in [6, 6.07) is 8.24. The van der Waals surface area contributed by atoms with Gasteiger partial charge in [-0.3, -0.25) is 0 Å². The highest BCUT2D eigenvalue weighted by Gasteiger charge is 2.17. The molecule has 4 nitrogen and oxygen atoms in total. The lowest BCUT2D eigenvalue weighted by atomic mass is 10.1. The Kier molecular flexibility index (Phi) is 5.63. The van der Waals surface area contributed by atoms with Crippen molar-refractivity contribution in [2.45, 2.75) is 25.0 Å². The monoisotopic (exact) mass is 265 g/mol. The molecule has 0 spiro atoms. The SMILES string of the molecule is CNC(COCC1CCCO1)c1cccc(OC)c1. The number of likely N-dealkylation sites (N-methyl/N-ethyl adjacent to an activating group) is 1. The summed E-state index contributed by atoms with van der Waals surface area (Å²) in [4.78, 5) is 0. The topological polar surface area (TPSA) is 39.7 Å². The number of ether oxygens (including phenoxy) is 3. The Labute approximate surface area is 115 Å². The number of rotatable bonds is 7. The van der Waals surface area contributed by atoms with Crippen molar-refractivity contribution in [3.63, 3.8) is 0 Å². The van der Waals surface area contributed by atoms with E-state index in [1.807, 2.05) is 25.2 Å². The molecule has 2 atom stereocenters. The largest absolute Gasteiger partial charge is 0.497 e. The van der Waals surface area contributed by atoms with Gasteiger partial charge in [0.05, 0.1) is 32.5 Å². The molecule has 0 bridgehead atoms. The Morgan fingerprint density at radius 2 is 2.37 bits per heavy atom. The molecule has 0 amide bonds. The minimum Gasteiger partial charge on any atom is -0.497 e. The summed E-state index contributed by atoms with van der Waals surface area (Å²) in [6.07, 6.45) is 2.55. The normalized spacial score (nSPS) is 20.4. The molecule has 1 aliphatic heterocycles. The Morgan fingerprint density at radius 3 is 3.05 bits per heavy atom. The van der Waals surface area contributed by atoms with E-state index in [9.17, 15) is 0 Å². The van der Waals surface area contributed by atoms with Crippen LogP contribution in [0.1, 0.15) is 24.4 Å². The summed E-state index contributed by atoms with van der Waals surface area (Å²) >= 11 is 0. The maximum atomic E-state index is 5.77. The van der Waals surface area contributed by atoms with Crippen LogP contribution < -0.4 is 10.1 Å². The fourth-order valence-electron chi connectivity index (χ4n) is 2.30. The molecule has 0 aromatic heterocycles. The zero-order chi connectivity index (χ0) is 13.5. The summed E-state index contributed by atoms with van der Waals surface area (Å²) in [5, 5.41) is 3.27. The smallest absolute Gasteiger partial charge is 0.119 e. The third kappa shape index (κ3) is 4.20. The van der Waals surface area contributed by atoms with E-state index >= 15 is 0 Å².